The number of nitrogens with one attached hydrogen (secondary N) is 1. The summed E-state index contributed by atoms with van der Waals surface area (Å²) in [5.74, 6) is -0.211. The van der Waals surface area contributed by atoms with Gasteiger partial charge in [0.25, 0.3) is 0 Å². The maximum atomic E-state index is 13.3. The van der Waals surface area contributed by atoms with Crippen molar-refractivity contribution in [1.82, 2.24) is 15.3 Å². The van der Waals surface area contributed by atoms with Crippen LogP contribution in [0.5, 0.6) is 0 Å². The molecule has 19 heavy (non-hydrogen) atoms. The smallest absolute Gasteiger partial charge is 0.123 e. The molecule has 100 valence electrons. The van der Waals surface area contributed by atoms with Crippen molar-refractivity contribution in [2.45, 2.75) is 29.8 Å². The van der Waals surface area contributed by atoms with Gasteiger partial charge in [0.15, 0.2) is 0 Å². The van der Waals surface area contributed by atoms with Crippen molar-refractivity contribution in [3.63, 3.8) is 0 Å². The third kappa shape index (κ3) is 4.29. The van der Waals surface area contributed by atoms with E-state index in [1.807, 2.05) is 0 Å². The Morgan fingerprint density at radius 1 is 1.32 bits per heavy atom. The Balaban J connectivity index is 2.14. The first-order valence-electron chi connectivity index (χ1n) is 6.22. The molecule has 0 amide bonds. The number of hydrogen-bond donors (Lipinski definition) is 1. The summed E-state index contributed by atoms with van der Waals surface area (Å²) in [5.41, 5.74) is 0.948. The molecule has 0 saturated carbocycles. The van der Waals surface area contributed by atoms with Crippen LogP contribution in [0.1, 0.15) is 18.9 Å². The minimum Gasteiger partial charge on any atom is -0.313 e. The Bertz CT molecular complexity index is 519. The quantitative estimate of drug-likeness (QED) is 0.822. The molecule has 2 aromatic rings. The molecule has 0 bridgehead atoms. The lowest BCUT2D eigenvalue weighted by Crippen LogP contribution is -2.14. The van der Waals surface area contributed by atoms with E-state index in [2.05, 4.69) is 22.2 Å². The van der Waals surface area contributed by atoms with Gasteiger partial charge in [-0.1, -0.05) is 18.7 Å². The highest BCUT2D eigenvalue weighted by atomic mass is 32.2. The van der Waals surface area contributed by atoms with Crippen LogP contribution in [-0.2, 0) is 6.54 Å². The van der Waals surface area contributed by atoms with E-state index in [1.165, 1.54) is 17.8 Å². The topological polar surface area (TPSA) is 37.8 Å². The van der Waals surface area contributed by atoms with Gasteiger partial charge in [-0.25, -0.2) is 9.37 Å². The van der Waals surface area contributed by atoms with Gasteiger partial charge in [0.1, 0.15) is 10.8 Å². The summed E-state index contributed by atoms with van der Waals surface area (Å²) in [4.78, 5) is 9.26. The highest BCUT2D eigenvalue weighted by Gasteiger charge is 2.06. The Kier molecular flexibility index (Phi) is 5.30. The number of nitrogens with zero attached hydrogens (tertiary/aromatic N) is 2. The van der Waals surface area contributed by atoms with Crippen LogP contribution in [0.2, 0.25) is 0 Å². The summed E-state index contributed by atoms with van der Waals surface area (Å²) in [6.45, 7) is 3.69. The zero-order chi connectivity index (χ0) is 13.5. The Morgan fingerprint density at radius 2 is 2.21 bits per heavy atom. The standard InChI is InChI=1S/C14H16FN3S/c1-2-5-16-9-11-8-12(15)3-4-13(11)19-14-10-17-6-7-18-14/h3-4,6-8,10,16H,2,5,9H2,1H3. The number of hydrogen-bond acceptors (Lipinski definition) is 4. The first-order chi connectivity index (χ1) is 9.29. The average Bonchev–Trinajstić information content (AvgIpc) is 2.43. The van der Waals surface area contributed by atoms with Crippen molar-refractivity contribution in [2.75, 3.05) is 6.54 Å². The molecule has 1 heterocycles. The van der Waals surface area contributed by atoms with Gasteiger partial charge in [-0.15, -0.1) is 0 Å². The Morgan fingerprint density at radius 3 is 2.95 bits per heavy atom. The normalized spacial score (nSPS) is 10.6. The second kappa shape index (κ2) is 7.21. The van der Waals surface area contributed by atoms with E-state index < -0.39 is 0 Å². The fraction of sp³-hybridized carbons (Fsp3) is 0.286. The van der Waals surface area contributed by atoms with E-state index in [4.69, 9.17) is 0 Å². The molecular formula is C14H16FN3S. The molecule has 0 radical (unpaired) electrons. The molecule has 2 rings (SSSR count). The predicted octanol–water partition coefficient (Wildman–Crippen LogP) is 3.27. The maximum absolute atomic E-state index is 13.3. The first kappa shape index (κ1) is 14.0. The number of halogens is 1. The van der Waals surface area contributed by atoms with Gasteiger partial charge in [-0.2, -0.15) is 0 Å². The number of aromatic nitrogens is 2. The highest BCUT2D eigenvalue weighted by Crippen LogP contribution is 2.29. The lowest BCUT2D eigenvalue weighted by atomic mass is 10.2. The fourth-order valence-electron chi connectivity index (χ4n) is 1.64. The van der Waals surface area contributed by atoms with Crippen molar-refractivity contribution in [2.24, 2.45) is 0 Å². The Hall–Kier alpha value is -1.46. The van der Waals surface area contributed by atoms with Crippen molar-refractivity contribution >= 4 is 11.8 Å². The SMILES string of the molecule is CCCNCc1cc(F)ccc1Sc1cnccn1. The largest absolute Gasteiger partial charge is 0.313 e. The van der Waals surface area contributed by atoms with Crippen LogP contribution in [0, 0.1) is 5.82 Å². The van der Waals surface area contributed by atoms with Crippen molar-refractivity contribution < 1.29 is 4.39 Å². The minimum absolute atomic E-state index is 0.211. The molecule has 0 atom stereocenters. The number of rotatable bonds is 6. The van der Waals surface area contributed by atoms with Gasteiger partial charge < -0.3 is 5.32 Å². The van der Waals surface area contributed by atoms with E-state index in [0.717, 1.165) is 28.5 Å². The van der Waals surface area contributed by atoms with Crippen LogP contribution in [-0.4, -0.2) is 16.5 Å². The predicted molar refractivity (Wildman–Crippen MR) is 74.6 cm³/mol. The van der Waals surface area contributed by atoms with Crippen LogP contribution in [0.3, 0.4) is 0 Å². The average molecular weight is 277 g/mol. The molecule has 0 aliphatic rings. The lowest BCUT2D eigenvalue weighted by molar-refractivity contribution is 0.615. The van der Waals surface area contributed by atoms with Crippen molar-refractivity contribution in [3.8, 4) is 0 Å². The summed E-state index contributed by atoms with van der Waals surface area (Å²) in [7, 11) is 0. The maximum Gasteiger partial charge on any atom is 0.123 e. The zero-order valence-electron chi connectivity index (χ0n) is 10.8. The molecule has 1 aromatic heterocycles. The second-order valence-corrected chi connectivity index (χ2v) is 5.14. The van der Waals surface area contributed by atoms with Crippen LogP contribution < -0.4 is 5.32 Å². The molecule has 3 nitrogen and oxygen atoms in total. The Labute approximate surface area is 116 Å². The van der Waals surface area contributed by atoms with Gasteiger partial charge >= 0.3 is 0 Å². The second-order valence-electron chi connectivity index (χ2n) is 4.07. The van der Waals surface area contributed by atoms with E-state index in [-0.39, 0.29) is 5.82 Å². The molecule has 1 N–H and O–H groups in total. The molecule has 5 heteroatoms. The van der Waals surface area contributed by atoms with E-state index in [0.29, 0.717) is 6.54 Å². The van der Waals surface area contributed by atoms with Gasteiger partial charge in [0.2, 0.25) is 0 Å². The van der Waals surface area contributed by atoms with E-state index in [9.17, 15) is 4.39 Å². The summed E-state index contributed by atoms with van der Waals surface area (Å²) in [6, 6.07) is 4.83. The lowest BCUT2D eigenvalue weighted by Gasteiger charge is -2.09. The molecule has 0 fully saturated rings. The fourth-order valence-corrected chi connectivity index (χ4v) is 2.49. The number of benzene rings is 1. The summed E-state index contributed by atoms with van der Waals surface area (Å²) >= 11 is 1.50. The monoisotopic (exact) mass is 277 g/mol. The van der Waals surface area contributed by atoms with E-state index >= 15 is 0 Å². The molecule has 0 aliphatic heterocycles. The van der Waals surface area contributed by atoms with Crippen LogP contribution in [0.25, 0.3) is 0 Å². The molecule has 0 aliphatic carbocycles. The van der Waals surface area contributed by atoms with Crippen molar-refractivity contribution in [1.29, 1.82) is 0 Å². The molecule has 0 unspecified atom stereocenters. The molecule has 1 aromatic carbocycles. The van der Waals surface area contributed by atoms with Crippen LogP contribution in [0.15, 0.2) is 46.7 Å². The summed E-state index contributed by atoms with van der Waals surface area (Å²) in [5, 5.41) is 4.10. The van der Waals surface area contributed by atoms with Gasteiger partial charge in [0.05, 0.1) is 6.20 Å². The third-order valence-corrected chi connectivity index (χ3v) is 3.56. The zero-order valence-corrected chi connectivity index (χ0v) is 11.6. The molecular weight excluding hydrogens is 261 g/mol. The van der Waals surface area contributed by atoms with Gasteiger partial charge in [-0.3, -0.25) is 4.98 Å². The van der Waals surface area contributed by atoms with Gasteiger partial charge in [-0.05, 0) is 36.7 Å². The molecule has 0 saturated heterocycles. The highest BCUT2D eigenvalue weighted by molar-refractivity contribution is 7.99. The summed E-state index contributed by atoms with van der Waals surface area (Å²) < 4.78 is 13.3. The third-order valence-electron chi connectivity index (χ3n) is 2.52. The minimum atomic E-state index is -0.211. The summed E-state index contributed by atoms with van der Waals surface area (Å²) in [6.07, 6.45) is 6.05. The van der Waals surface area contributed by atoms with Crippen LogP contribution >= 0.6 is 11.8 Å². The van der Waals surface area contributed by atoms with Gasteiger partial charge in [0, 0.05) is 23.8 Å². The van der Waals surface area contributed by atoms with Crippen molar-refractivity contribution in [3.05, 3.63) is 48.2 Å². The van der Waals surface area contributed by atoms with Crippen LogP contribution in [0.4, 0.5) is 4.39 Å². The molecule has 0 spiro atoms. The van der Waals surface area contributed by atoms with E-state index in [1.54, 1.807) is 30.7 Å². The first-order valence-corrected chi connectivity index (χ1v) is 7.04.